The third kappa shape index (κ3) is 9.22. The van der Waals surface area contributed by atoms with Gasteiger partial charge in [-0.15, -0.1) is 0 Å². The Bertz CT molecular complexity index is 1500. The lowest BCUT2D eigenvalue weighted by Crippen LogP contribution is -2.52. The van der Waals surface area contributed by atoms with Crippen molar-refractivity contribution in [1.82, 2.24) is 10.2 Å². The largest absolute Gasteiger partial charge is 0.492 e. The van der Waals surface area contributed by atoms with E-state index in [2.05, 4.69) is 5.32 Å². The summed E-state index contributed by atoms with van der Waals surface area (Å²) < 4.78 is 32.7. The van der Waals surface area contributed by atoms with Crippen molar-refractivity contribution < 1.29 is 22.7 Å². The van der Waals surface area contributed by atoms with Gasteiger partial charge >= 0.3 is 0 Å². The van der Waals surface area contributed by atoms with Crippen LogP contribution in [0.15, 0.2) is 78.9 Å². The Hall–Kier alpha value is -3.56. The van der Waals surface area contributed by atoms with Crippen LogP contribution in [0.4, 0.5) is 5.69 Å². The highest BCUT2D eigenvalue weighted by Gasteiger charge is 2.32. The van der Waals surface area contributed by atoms with E-state index in [1.807, 2.05) is 55.5 Å². The highest BCUT2D eigenvalue weighted by atomic mass is 35.5. The molecule has 3 aromatic carbocycles. The summed E-state index contributed by atoms with van der Waals surface area (Å²) in [4.78, 5) is 29.6. The fourth-order valence-electron chi connectivity index (χ4n) is 5.65. The van der Waals surface area contributed by atoms with Crippen LogP contribution in [0.1, 0.15) is 56.6 Å². The first-order valence-electron chi connectivity index (χ1n) is 15.2. The number of anilines is 1. The Morgan fingerprint density at radius 1 is 0.977 bits per heavy atom. The Balaban J connectivity index is 1.60. The number of carbonyl (C=O) groups excluding carboxylic acids is 2. The molecule has 4 rings (SSSR count). The van der Waals surface area contributed by atoms with Crippen molar-refractivity contribution >= 4 is 39.1 Å². The molecule has 2 amide bonds. The minimum absolute atomic E-state index is 0.0370. The van der Waals surface area contributed by atoms with E-state index in [-0.39, 0.29) is 43.8 Å². The number of rotatable bonds is 15. The fraction of sp³-hybridized carbons (Fsp3) is 0.412. The van der Waals surface area contributed by atoms with Crippen molar-refractivity contribution in [1.29, 1.82) is 0 Å². The molecule has 44 heavy (non-hydrogen) atoms. The van der Waals surface area contributed by atoms with Gasteiger partial charge < -0.3 is 15.0 Å². The van der Waals surface area contributed by atoms with Gasteiger partial charge in [0.2, 0.25) is 21.8 Å². The van der Waals surface area contributed by atoms with Gasteiger partial charge in [0.15, 0.2) is 0 Å². The van der Waals surface area contributed by atoms with Crippen LogP contribution < -0.4 is 14.4 Å². The lowest BCUT2D eigenvalue weighted by Gasteiger charge is -2.33. The zero-order chi connectivity index (χ0) is 31.5. The van der Waals surface area contributed by atoms with Gasteiger partial charge in [0.25, 0.3) is 0 Å². The molecule has 1 saturated carbocycles. The van der Waals surface area contributed by atoms with Crippen molar-refractivity contribution in [2.75, 3.05) is 23.7 Å². The Kier molecular flexibility index (Phi) is 12.1. The molecule has 0 aliphatic heterocycles. The number of nitrogens with one attached hydrogen (secondary N) is 1. The van der Waals surface area contributed by atoms with Crippen molar-refractivity contribution in [2.24, 2.45) is 0 Å². The van der Waals surface area contributed by atoms with Crippen LogP contribution in [-0.4, -0.2) is 56.6 Å². The lowest BCUT2D eigenvalue weighted by molar-refractivity contribution is -0.141. The number of sulfonamides is 1. The smallest absolute Gasteiger partial charge is 0.243 e. The van der Waals surface area contributed by atoms with Gasteiger partial charge in [-0.25, -0.2) is 8.42 Å². The molecule has 1 fully saturated rings. The van der Waals surface area contributed by atoms with Crippen LogP contribution >= 0.6 is 11.6 Å². The quantitative estimate of drug-likeness (QED) is 0.221. The van der Waals surface area contributed by atoms with E-state index in [0.717, 1.165) is 43.1 Å². The van der Waals surface area contributed by atoms with E-state index >= 15 is 0 Å². The lowest BCUT2D eigenvalue weighted by atomic mass is 10.0. The van der Waals surface area contributed by atoms with Crippen LogP contribution in [0.25, 0.3) is 0 Å². The first-order valence-corrected chi connectivity index (χ1v) is 17.5. The second-order valence-corrected chi connectivity index (χ2v) is 13.5. The van der Waals surface area contributed by atoms with E-state index in [4.69, 9.17) is 16.3 Å². The van der Waals surface area contributed by atoms with Crippen LogP contribution in [0.5, 0.6) is 5.75 Å². The molecule has 0 bridgehead atoms. The van der Waals surface area contributed by atoms with E-state index in [1.54, 1.807) is 35.2 Å². The third-order valence-corrected chi connectivity index (χ3v) is 9.41. The SMILES string of the molecule is CCOc1ccccc1N(CCCC(=O)N(Cc1ccccc1Cl)C(Cc1ccccc1)C(=O)NC1CCCC1)S(C)(=O)=O. The number of carbonyl (C=O) groups is 2. The van der Waals surface area contributed by atoms with Gasteiger partial charge in [-0.05, 0) is 55.5 Å². The fourth-order valence-corrected chi connectivity index (χ4v) is 6.82. The van der Waals surface area contributed by atoms with Crippen molar-refractivity contribution in [3.63, 3.8) is 0 Å². The molecule has 1 unspecified atom stereocenters. The van der Waals surface area contributed by atoms with Gasteiger partial charge in [-0.1, -0.05) is 85.1 Å². The van der Waals surface area contributed by atoms with Gasteiger partial charge in [-0.2, -0.15) is 0 Å². The summed E-state index contributed by atoms with van der Waals surface area (Å²) in [5, 5.41) is 3.71. The summed E-state index contributed by atoms with van der Waals surface area (Å²) in [5.74, 6) is 0.0159. The van der Waals surface area contributed by atoms with Crippen LogP contribution in [0.2, 0.25) is 5.02 Å². The maximum Gasteiger partial charge on any atom is 0.243 e. The maximum atomic E-state index is 14.1. The summed E-state index contributed by atoms with van der Waals surface area (Å²) in [7, 11) is -3.67. The van der Waals surface area contributed by atoms with Gasteiger partial charge in [0.05, 0.1) is 18.6 Å². The Morgan fingerprint density at radius 2 is 1.64 bits per heavy atom. The predicted octanol–water partition coefficient (Wildman–Crippen LogP) is 5.98. The van der Waals surface area contributed by atoms with Crippen LogP contribution in [0, 0.1) is 0 Å². The van der Waals surface area contributed by atoms with E-state index in [0.29, 0.717) is 29.5 Å². The molecule has 0 heterocycles. The molecule has 8 nitrogen and oxygen atoms in total. The van der Waals surface area contributed by atoms with Gasteiger partial charge in [-0.3, -0.25) is 13.9 Å². The zero-order valence-corrected chi connectivity index (χ0v) is 27.0. The molecule has 236 valence electrons. The van der Waals surface area contributed by atoms with Gasteiger partial charge in [0, 0.05) is 37.0 Å². The summed E-state index contributed by atoms with van der Waals surface area (Å²) in [5.41, 5.74) is 2.10. The summed E-state index contributed by atoms with van der Waals surface area (Å²) in [6.45, 7) is 2.45. The standard InChI is InChI=1S/C34H42ClN3O5S/c1-3-43-32-21-12-11-20-30(32)38(44(2,41)42)23-13-22-33(39)37(25-27-16-7-10-19-29(27)35)31(24-26-14-5-4-6-15-26)34(40)36-28-17-8-9-18-28/h4-7,10-12,14-16,19-21,28,31H,3,8-9,13,17-18,22-25H2,1-2H3,(H,36,40). The number of nitrogens with zero attached hydrogens (tertiary/aromatic N) is 2. The van der Waals surface area contributed by atoms with E-state index < -0.39 is 16.1 Å². The molecule has 1 aliphatic carbocycles. The number of para-hydroxylation sites is 2. The first-order chi connectivity index (χ1) is 21.2. The van der Waals surface area contributed by atoms with Crippen molar-refractivity contribution in [2.45, 2.75) is 70.5 Å². The molecular weight excluding hydrogens is 598 g/mol. The minimum Gasteiger partial charge on any atom is -0.492 e. The third-order valence-electron chi connectivity index (χ3n) is 7.86. The molecule has 0 spiro atoms. The first kappa shape index (κ1) is 33.3. The average molecular weight is 640 g/mol. The molecule has 10 heteroatoms. The summed E-state index contributed by atoms with van der Waals surface area (Å²) >= 11 is 6.54. The van der Waals surface area contributed by atoms with Crippen molar-refractivity contribution in [3.8, 4) is 5.75 Å². The zero-order valence-electron chi connectivity index (χ0n) is 25.5. The normalized spacial score (nSPS) is 14.2. The monoisotopic (exact) mass is 639 g/mol. The Morgan fingerprint density at radius 3 is 2.32 bits per heavy atom. The highest BCUT2D eigenvalue weighted by molar-refractivity contribution is 7.92. The number of ether oxygens (including phenoxy) is 1. The van der Waals surface area contributed by atoms with Crippen molar-refractivity contribution in [3.05, 3.63) is 95.0 Å². The number of benzene rings is 3. The molecule has 1 aliphatic rings. The maximum absolute atomic E-state index is 14.1. The van der Waals surface area contributed by atoms with E-state index in [1.165, 1.54) is 4.31 Å². The second-order valence-electron chi connectivity index (χ2n) is 11.1. The summed E-state index contributed by atoms with van der Waals surface area (Å²) in [6, 6.07) is 23.2. The molecule has 0 aromatic heterocycles. The topological polar surface area (TPSA) is 96.0 Å². The minimum atomic E-state index is -3.67. The number of amides is 2. The Labute approximate surface area is 266 Å². The molecule has 0 saturated heterocycles. The number of halogens is 1. The number of hydrogen-bond acceptors (Lipinski definition) is 5. The molecular formula is C34H42ClN3O5S. The predicted molar refractivity (Wildman–Crippen MR) is 175 cm³/mol. The molecule has 0 radical (unpaired) electrons. The summed E-state index contributed by atoms with van der Waals surface area (Å²) in [6.07, 6.45) is 5.75. The van der Waals surface area contributed by atoms with E-state index in [9.17, 15) is 18.0 Å². The van der Waals surface area contributed by atoms with Gasteiger partial charge in [0.1, 0.15) is 11.8 Å². The highest BCUT2D eigenvalue weighted by Crippen LogP contribution is 2.30. The molecule has 3 aromatic rings. The second kappa shape index (κ2) is 16.0. The number of hydrogen-bond donors (Lipinski definition) is 1. The average Bonchev–Trinajstić information content (AvgIpc) is 3.51. The van der Waals surface area contributed by atoms with Crippen LogP contribution in [0.3, 0.4) is 0 Å². The molecule has 1 N–H and O–H groups in total. The van der Waals surface area contributed by atoms with Crippen LogP contribution in [-0.2, 0) is 32.6 Å². The molecule has 1 atom stereocenters.